The van der Waals surface area contributed by atoms with E-state index >= 15 is 0 Å². The molecule has 0 aliphatic rings. The maximum atomic E-state index is 14.2. The van der Waals surface area contributed by atoms with Crippen LogP contribution in [-0.2, 0) is 6.54 Å². The summed E-state index contributed by atoms with van der Waals surface area (Å²) in [5, 5.41) is 3.88. The predicted molar refractivity (Wildman–Crippen MR) is 106 cm³/mol. The molecule has 0 spiro atoms. The van der Waals surface area contributed by atoms with Crippen LogP contribution in [0.3, 0.4) is 0 Å². The highest BCUT2D eigenvalue weighted by atomic mass is 19.1. The Hall–Kier alpha value is -3.54. The van der Waals surface area contributed by atoms with E-state index in [1.54, 1.807) is 19.1 Å². The Labute approximate surface area is 161 Å². The number of hydrogen-bond acceptors (Lipinski definition) is 3. The van der Waals surface area contributed by atoms with Crippen molar-refractivity contribution in [2.24, 2.45) is 0 Å². The number of aryl methyl sites for hydroxylation is 2. The molecule has 4 rings (SSSR count). The van der Waals surface area contributed by atoms with Crippen molar-refractivity contribution in [3.05, 3.63) is 83.2 Å². The number of hydrogen-bond donors (Lipinski definition) is 2. The monoisotopic (exact) mass is 374 g/mol. The number of carbonyl (C=O) groups excluding carboxylic acids is 1. The lowest BCUT2D eigenvalue weighted by Gasteiger charge is -2.06. The van der Waals surface area contributed by atoms with Crippen LogP contribution < -0.4 is 5.32 Å². The molecular weight excluding hydrogens is 355 g/mol. The Balaban J connectivity index is 1.58. The van der Waals surface area contributed by atoms with Crippen LogP contribution in [0.25, 0.3) is 22.2 Å². The minimum absolute atomic E-state index is 0.224. The number of rotatable bonds is 4. The summed E-state index contributed by atoms with van der Waals surface area (Å²) in [4.78, 5) is 23.6. The number of nitrogens with one attached hydrogen (secondary N) is 2. The highest BCUT2D eigenvalue weighted by Gasteiger charge is 2.13. The SMILES string of the molecule is Cc1ncc(C(=O)NCc2ccc3[nH]c(-c4ccccc4F)c(C)c3c2)cn1. The van der Waals surface area contributed by atoms with Gasteiger partial charge in [-0.3, -0.25) is 4.79 Å². The fourth-order valence-electron chi connectivity index (χ4n) is 3.21. The topological polar surface area (TPSA) is 70.7 Å². The molecule has 4 aromatic rings. The first-order valence-electron chi connectivity index (χ1n) is 8.96. The molecule has 0 radical (unpaired) electrons. The molecule has 1 amide bonds. The van der Waals surface area contributed by atoms with Crippen molar-refractivity contribution >= 4 is 16.8 Å². The summed E-state index contributed by atoms with van der Waals surface area (Å²) in [7, 11) is 0. The van der Waals surface area contributed by atoms with Crippen molar-refractivity contribution in [1.29, 1.82) is 0 Å². The van der Waals surface area contributed by atoms with Crippen LogP contribution >= 0.6 is 0 Å². The predicted octanol–water partition coefficient (Wildman–Crippen LogP) is 4.31. The van der Waals surface area contributed by atoms with Crippen molar-refractivity contribution in [1.82, 2.24) is 20.3 Å². The van der Waals surface area contributed by atoms with Crippen LogP contribution in [0.5, 0.6) is 0 Å². The fraction of sp³-hybridized carbons (Fsp3) is 0.136. The normalized spacial score (nSPS) is 11.0. The van der Waals surface area contributed by atoms with Gasteiger partial charge in [-0.15, -0.1) is 0 Å². The van der Waals surface area contributed by atoms with E-state index in [-0.39, 0.29) is 11.7 Å². The first-order chi connectivity index (χ1) is 13.5. The number of amides is 1. The highest BCUT2D eigenvalue weighted by Crippen LogP contribution is 2.31. The number of benzene rings is 2. The van der Waals surface area contributed by atoms with Gasteiger partial charge in [0.25, 0.3) is 5.91 Å². The van der Waals surface area contributed by atoms with Crippen LogP contribution in [0.15, 0.2) is 54.9 Å². The van der Waals surface area contributed by atoms with Crippen molar-refractivity contribution in [2.45, 2.75) is 20.4 Å². The number of nitrogens with zero attached hydrogens (tertiary/aromatic N) is 2. The fourth-order valence-corrected chi connectivity index (χ4v) is 3.21. The van der Waals surface area contributed by atoms with E-state index < -0.39 is 0 Å². The zero-order chi connectivity index (χ0) is 19.7. The molecule has 0 saturated heterocycles. The van der Waals surface area contributed by atoms with Crippen LogP contribution in [-0.4, -0.2) is 20.9 Å². The molecule has 6 heteroatoms. The average molecular weight is 374 g/mol. The van der Waals surface area contributed by atoms with E-state index in [2.05, 4.69) is 20.3 Å². The summed E-state index contributed by atoms with van der Waals surface area (Å²) < 4.78 is 14.2. The molecule has 140 valence electrons. The van der Waals surface area contributed by atoms with Gasteiger partial charge in [0.1, 0.15) is 11.6 Å². The van der Waals surface area contributed by atoms with E-state index in [0.29, 0.717) is 23.5 Å². The lowest BCUT2D eigenvalue weighted by molar-refractivity contribution is 0.0950. The number of aromatic nitrogens is 3. The Morgan fingerprint density at radius 2 is 1.86 bits per heavy atom. The Morgan fingerprint density at radius 3 is 2.61 bits per heavy atom. The Kier molecular flexibility index (Phi) is 4.61. The summed E-state index contributed by atoms with van der Waals surface area (Å²) in [6.45, 7) is 4.11. The minimum Gasteiger partial charge on any atom is -0.354 e. The van der Waals surface area contributed by atoms with E-state index in [1.807, 2.05) is 31.2 Å². The summed E-state index contributed by atoms with van der Waals surface area (Å²) in [5.41, 5.74) is 4.59. The maximum absolute atomic E-state index is 14.2. The number of halogens is 1. The van der Waals surface area contributed by atoms with E-state index in [4.69, 9.17) is 0 Å². The molecule has 28 heavy (non-hydrogen) atoms. The molecule has 2 heterocycles. The Bertz CT molecular complexity index is 1170. The zero-order valence-electron chi connectivity index (χ0n) is 15.6. The number of aromatic amines is 1. The molecule has 2 aromatic carbocycles. The molecule has 0 aliphatic carbocycles. The smallest absolute Gasteiger partial charge is 0.254 e. The number of fused-ring (bicyclic) bond motifs is 1. The van der Waals surface area contributed by atoms with Crippen LogP contribution in [0.1, 0.15) is 27.3 Å². The van der Waals surface area contributed by atoms with Gasteiger partial charge in [0.05, 0.1) is 11.3 Å². The van der Waals surface area contributed by atoms with E-state index in [1.165, 1.54) is 18.5 Å². The lowest BCUT2D eigenvalue weighted by atomic mass is 10.0. The van der Waals surface area contributed by atoms with Crippen molar-refractivity contribution in [2.75, 3.05) is 0 Å². The largest absolute Gasteiger partial charge is 0.354 e. The molecule has 0 fully saturated rings. The molecule has 2 aromatic heterocycles. The van der Waals surface area contributed by atoms with Crippen LogP contribution in [0, 0.1) is 19.7 Å². The zero-order valence-corrected chi connectivity index (χ0v) is 15.6. The molecule has 0 aliphatic heterocycles. The third-order valence-electron chi connectivity index (χ3n) is 4.76. The van der Waals surface area contributed by atoms with Crippen molar-refractivity contribution in [3.8, 4) is 11.3 Å². The molecule has 0 saturated carbocycles. The molecule has 2 N–H and O–H groups in total. The minimum atomic E-state index is -0.259. The molecular formula is C22H19FN4O. The maximum Gasteiger partial charge on any atom is 0.254 e. The van der Waals surface area contributed by atoms with E-state index in [0.717, 1.165) is 27.7 Å². The standard InChI is InChI=1S/C22H19FN4O/c1-13-18-9-15(10-26-22(28)16-11-24-14(2)25-12-16)7-8-20(18)27-21(13)17-5-3-4-6-19(17)23/h3-9,11-12,27H,10H2,1-2H3,(H,26,28). The van der Waals surface area contributed by atoms with Gasteiger partial charge in [-0.1, -0.05) is 18.2 Å². The van der Waals surface area contributed by atoms with Gasteiger partial charge in [0, 0.05) is 35.4 Å². The van der Waals surface area contributed by atoms with Gasteiger partial charge < -0.3 is 10.3 Å². The second kappa shape index (κ2) is 7.23. The highest BCUT2D eigenvalue weighted by molar-refractivity contribution is 5.94. The number of H-pyrrole nitrogens is 1. The average Bonchev–Trinajstić information content (AvgIpc) is 3.03. The van der Waals surface area contributed by atoms with Gasteiger partial charge in [-0.25, -0.2) is 14.4 Å². The van der Waals surface area contributed by atoms with Crippen LogP contribution in [0.2, 0.25) is 0 Å². The summed E-state index contributed by atoms with van der Waals surface area (Å²) >= 11 is 0. The molecule has 5 nitrogen and oxygen atoms in total. The quantitative estimate of drug-likeness (QED) is 0.559. The van der Waals surface area contributed by atoms with Gasteiger partial charge in [0.15, 0.2) is 0 Å². The molecule has 0 unspecified atom stereocenters. The third-order valence-corrected chi connectivity index (χ3v) is 4.76. The van der Waals surface area contributed by atoms with Gasteiger partial charge in [-0.2, -0.15) is 0 Å². The van der Waals surface area contributed by atoms with Gasteiger partial charge >= 0.3 is 0 Å². The Morgan fingerprint density at radius 1 is 1.11 bits per heavy atom. The lowest BCUT2D eigenvalue weighted by Crippen LogP contribution is -2.23. The van der Waals surface area contributed by atoms with E-state index in [9.17, 15) is 9.18 Å². The summed E-state index contributed by atoms with van der Waals surface area (Å²) in [5.74, 6) is 0.137. The van der Waals surface area contributed by atoms with Crippen molar-refractivity contribution in [3.63, 3.8) is 0 Å². The summed E-state index contributed by atoms with van der Waals surface area (Å²) in [6, 6.07) is 12.6. The molecule has 0 atom stereocenters. The number of carbonyl (C=O) groups is 1. The summed E-state index contributed by atoms with van der Waals surface area (Å²) in [6.07, 6.45) is 3.02. The van der Waals surface area contributed by atoms with Crippen LogP contribution in [0.4, 0.5) is 4.39 Å². The molecule has 0 bridgehead atoms. The van der Waals surface area contributed by atoms with Crippen molar-refractivity contribution < 1.29 is 9.18 Å². The first kappa shape index (κ1) is 17.9. The van der Waals surface area contributed by atoms with Gasteiger partial charge in [0.2, 0.25) is 0 Å². The third kappa shape index (κ3) is 3.36. The van der Waals surface area contributed by atoms with Gasteiger partial charge in [-0.05, 0) is 49.2 Å². The first-order valence-corrected chi connectivity index (χ1v) is 8.96. The second-order valence-corrected chi connectivity index (χ2v) is 6.69. The second-order valence-electron chi connectivity index (χ2n) is 6.69.